The monoisotopic (exact) mass is 273 g/mol. The van der Waals surface area contributed by atoms with Gasteiger partial charge in [0.05, 0.1) is 24.5 Å². The van der Waals surface area contributed by atoms with Gasteiger partial charge in [-0.25, -0.2) is 4.79 Å². The van der Waals surface area contributed by atoms with E-state index in [0.717, 1.165) is 12.1 Å². The molecule has 0 amide bonds. The van der Waals surface area contributed by atoms with E-state index in [2.05, 4.69) is 4.99 Å². The average Bonchev–Trinajstić information content (AvgIpc) is 2.28. The van der Waals surface area contributed by atoms with Crippen LogP contribution in [0.2, 0.25) is 0 Å². The van der Waals surface area contributed by atoms with Crippen molar-refractivity contribution in [1.82, 2.24) is 0 Å². The number of hydrogen-bond donors (Lipinski definition) is 0. The maximum atomic E-state index is 12.9. The predicted octanol–water partition coefficient (Wildman–Crippen LogP) is 2.84. The Morgan fingerprint density at radius 2 is 2.11 bits per heavy atom. The first-order valence-corrected chi connectivity index (χ1v) is 5.40. The van der Waals surface area contributed by atoms with Gasteiger partial charge in [0.15, 0.2) is 5.60 Å². The number of hydrogen-bond acceptors (Lipinski definition) is 4. The maximum absolute atomic E-state index is 12.9. The summed E-state index contributed by atoms with van der Waals surface area (Å²) in [5.41, 5.74) is -1.85. The van der Waals surface area contributed by atoms with Gasteiger partial charge in [-0.05, 0) is 25.1 Å². The van der Waals surface area contributed by atoms with Crippen LogP contribution in [-0.2, 0) is 15.7 Å². The second kappa shape index (κ2) is 4.68. The summed E-state index contributed by atoms with van der Waals surface area (Å²) in [6.45, 7) is 2.13. The summed E-state index contributed by atoms with van der Waals surface area (Å²) in [4.78, 5) is 13.3. The van der Waals surface area contributed by atoms with E-state index in [1.54, 1.807) is 6.92 Å². The third kappa shape index (κ3) is 2.94. The van der Waals surface area contributed by atoms with Crippen LogP contribution in [-0.4, -0.2) is 24.9 Å². The lowest BCUT2D eigenvalue weighted by atomic mass is 10.0. The number of aliphatic imine (C=N–C) groups is 1. The van der Waals surface area contributed by atoms with Crippen molar-refractivity contribution in [3.8, 4) is 5.75 Å². The Balaban J connectivity index is 2.39. The van der Waals surface area contributed by atoms with Gasteiger partial charge in [-0.1, -0.05) is 0 Å². The quantitative estimate of drug-likeness (QED) is 0.628. The number of rotatable bonds is 3. The number of nitrogens with zero attached hydrogens (tertiary/aromatic N) is 1. The van der Waals surface area contributed by atoms with Crippen LogP contribution in [0, 0.1) is 0 Å². The Bertz CT molecular complexity index is 532. The molecule has 1 aliphatic rings. The summed E-state index contributed by atoms with van der Waals surface area (Å²) >= 11 is 0. The van der Waals surface area contributed by atoms with Crippen molar-refractivity contribution in [3.63, 3.8) is 0 Å². The van der Waals surface area contributed by atoms with Gasteiger partial charge in [0.1, 0.15) is 5.75 Å². The van der Waals surface area contributed by atoms with E-state index in [1.165, 1.54) is 12.1 Å². The fourth-order valence-corrected chi connectivity index (χ4v) is 1.66. The molecule has 7 heteroatoms. The molecular formula is C12H10F3NO3. The van der Waals surface area contributed by atoms with E-state index < -0.39 is 17.3 Å². The molecular weight excluding hydrogens is 263 g/mol. The topological polar surface area (TPSA) is 47.9 Å². The van der Waals surface area contributed by atoms with Crippen LogP contribution in [0.1, 0.15) is 12.5 Å². The van der Waals surface area contributed by atoms with Crippen molar-refractivity contribution in [2.45, 2.75) is 18.7 Å². The van der Waals surface area contributed by atoms with E-state index in [1.807, 2.05) is 0 Å². The van der Waals surface area contributed by atoms with Crippen LogP contribution in [0.3, 0.4) is 0 Å². The van der Waals surface area contributed by atoms with Gasteiger partial charge in [0, 0.05) is 0 Å². The molecule has 0 N–H and O–H groups in total. The predicted molar refractivity (Wildman–Crippen MR) is 59.1 cm³/mol. The molecule has 19 heavy (non-hydrogen) atoms. The SMILES string of the molecule is CC1(Oc2ccc(N=C=O)cc2C(F)(F)F)COC1. The van der Waals surface area contributed by atoms with E-state index in [-0.39, 0.29) is 24.7 Å². The van der Waals surface area contributed by atoms with Crippen molar-refractivity contribution in [2.24, 2.45) is 4.99 Å². The molecule has 0 bridgehead atoms. The number of alkyl halides is 3. The molecule has 1 aromatic carbocycles. The highest BCUT2D eigenvalue weighted by Crippen LogP contribution is 2.40. The Kier molecular flexibility index (Phi) is 3.34. The summed E-state index contributed by atoms with van der Waals surface area (Å²) in [5, 5.41) is 0. The minimum absolute atomic E-state index is 0.121. The molecule has 1 aromatic rings. The smallest absolute Gasteiger partial charge is 0.420 e. The first-order valence-electron chi connectivity index (χ1n) is 5.40. The number of halogens is 3. The lowest BCUT2D eigenvalue weighted by Crippen LogP contribution is -2.51. The Labute approximate surface area is 106 Å². The Hall–Kier alpha value is -1.85. The van der Waals surface area contributed by atoms with E-state index >= 15 is 0 Å². The minimum atomic E-state index is -4.59. The minimum Gasteiger partial charge on any atom is -0.482 e. The molecule has 0 saturated carbocycles. The number of isocyanates is 1. The largest absolute Gasteiger partial charge is 0.482 e. The van der Waals surface area contributed by atoms with Crippen LogP contribution >= 0.6 is 0 Å². The van der Waals surface area contributed by atoms with Crippen LogP contribution in [0.4, 0.5) is 18.9 Å². The Morgan fingerprint density at radius 3 is 2.58 bits per heavy atom. The van der Waals surface area contributed by atoms with E-state index in [0.29, 0.717) is 0 Å². The molecule has 1 aliphatic heterocycles. The average molecular weight is 273 g/mol. The highest BCUT2D eigenvalue weighted by atomic mass is 19.4. The van der Waals surface area contributed by atoms with Crippen LogP contribution < -0.4 is 4.74 Å². The van der Waals surface area contributed by atoms with E-state index in [9.17, 15) is 18.0 Å². The second-order valence-corrected chi connectivity index (χ2v) is 4.43. The van der Waals surface area contributed by atoms with Gasteiger partial charge in [-0.3, -0.25) is 0 Å². The lowest BCUT2D eigenvalue weighted by Gasteiger charge is -2.38. The molecule has 1 fully saturated rings. The number of ether oxygens (including phenoxy) is 2. The summed E-state index contributed by atoms with van der Waals surface area (Å²) in [6, 6.07) is 3.16. The molecule has 4 nitrogen and oxygen atoms in total. The fourth-order valence-electron chi connectivity index (χ4n) is 1.66. The summed E-state index contributed by atoms with van der Waals surface area (Å²) in [7, 11) is 0. The van der Waals surface area contributed by atoms with Crippen LogP contribution in [0.25, 0.3) is 0 Å². The van der Waals surface area contributed by atoms with Gasteiger partial charge >= 0.3 is 6.18 Å². The second-order valence-electron chi connectivity index (χ2n) is 4.43. The van der Waals surface area contributed by atoms with Crippen LogP contribution in [0.5, 0.6) is 5.75 Å². The molecule has 2 rings (SSSR count). The molecule has 0 radical (unpaired) electrons. The zero-order chi connectivity index (χ0) is 14.1. The molecule has 0 aromatic heterocycles. The van der Waals surface area contributed by atoms with Crippen molar-refractivity contribution >= 4 is 11.8 Å². The van der Waals surface area contributed by atoms with E-state index in [4.69, 9.17) is 9.47 Å². The first-order chi connectivity index (χ1) is 8.84. The van der Waals surface area contributed by atoms with Crippen molar-refractivity contribution in [2.75, 3.05) is 13.2 Å². The molecule has 1 heterocycles. The molecule has 0 spiro atoms. The number of carbonyl (C=O) groups excluding carboxylic acids is 1. The standard InChI is InChI=1S/C12H10F3NO3/c1-11(5-18-6-11)19-10-3-2-8(16-7-17)4-9(10)12(13,14)15/h2-4H,5-6H2,1H3. The summed E-state index contributed by atoms with van der Waals surface area (Å²) in [6.07, 6.45) is -3.39. The fraction of sp³-hybridized carbons (Fsp3) is 0.417. The normalized spacial score (nSPS) is 17.3. The van der Waals surface area contributed by atoms with Gasteiger partial charge < -0.3 is 9.47 Å². The van der Waals surface area contributed by atoms with Crippen molar-refractivity contribution in [1.29, 1.82) is 0 Å². The van der Waals surface area contributed by atoms with Gasteiger partial charge in [-0.15, -0.1) is 0 Å². The van der Waals surface area contributed by atoms with Crippen molar-refractivity contribution in [3.05, 3.63) is 23.8 Å². The highest BCUT2D eigenvalue weighted by molar-refractivity contribution is 5.54. The zero-order valence-electron chi connectivity index (χ0n) is 9.95. The molecule has 102 valence electrons. The molecule has 1 saturated heterocycles. The highest BCUT2D eigenvalue weighted by Gasteiger charge is 2.40. The summed E-state index contributed by atoms with van der Waals surface area (Å²) in [5.74, 6) is -0.303. The van der Waals surface area contributed by atoms with Gasteiger partial charge in [0.2, 0.25) is 6.08 Å². The lowest BCUT2D eigenvalue weighted by molar-refractivity contribution is -0.160. The number of benzene rings is 1. The Morgan fingerprint density at radius 1 is 1.42 bits per heavy atom. The third-order valence-corrected chi connectivity index (χ3v) is 2.61. The first kappa shape index (κ1) is 13.6. The van der Waals surface area contributed by atoms with Gasteiger partial charge in [-0.2, -0.15) is 18.2 Å². The van der Waals surface area contributed by atoms with Crippen molar-refractivity contribution < 1.29 is 27.4 Å². The summed E-state index contributed by atoms with van der Waals surface area (Å²) < 4.78 is 49.0. The molecule has 0 aliphatic carbocycles. The zero-order valence-corrected chi connectivity index (χ0v) is 9.95. The third-order valence-electron chi connectivity index (χ3n) is 2.61. The van der Waals surface area contributed by atoms with Gasteiger partial charge in [0.25, 0.3) is 0 Å². The molecule has 0 unspecified atom stereocenters. The van der Waals surface area contributed by atoms with Crippen LogP contribution in [0.15, 0.2) is 23.2 Å². The maximum Gasteiger partial charge on any atom is 0.420 e. The molecule has 0 atom stereocenters.